The number of methoxy groups -OCH3 is 1. The van der Waals surface area contributed by atoms with Crippen LogP contribution in [0.3, 0.4) is 0 Å². The number of halogens is 2. The molecule has 2 heterocycles. The van der Waals surface area contributed by atoms with Gasteiger partial charge in [-0.2, -0.15) is 0 Å². The normalized spacial score (nSPS) is 11.9. The highest BCUT2D eigenvalue weighted by molar-refractivity contribution is 7.22. The van der Waals surface area contributed by atoms with E-state index in [1.165, 1.54) is 35.3 Å². The number of carbonyl (C=O) groups excluding carboxylic acids is 2. The Bertz CT molecular complexity index is 1960. The van der Waals surface area contributed by atoms with Gasteiger partial charge in [-0.25, -0.2) is 13.6 Å². The Balaban J connectivity index is 1.68. The van der Waals surface area contributed by atoms with Crippen LogP contribution < -0.4 is 15.5 Å². The Morgan fingerprint density at radius 3 is 2.29 bits per heavy atom. The Hall–Kier alpha value is -4.91. The third-order valence-corrected chi connectivity index (χ3v) is 9.00. The number of fused-ring (bicyclic) bond motifs is 1. The summed E-state index contributed by atoms with van der Waals surface area (Å²) in [6.45, 7) is 3.85. The summed E-state index contributed by atoms with van der Waals surface area (Å²) in [5.41, 5.74) is 2.22. The Labute approximate surface area is 280 Å². The summed E-state index contributed by atoms with van der Waals surface area (Å²) in [6.07, 6.45) is -0.438. The molecule has 5 aromatic rings. The molecule has 0 radical (unpaired) electrons. The van der Waals surface area contributed by atoms with Crippen LogP contribution in [0.1, 0.15) is 30.5 Å². The van der Waals surface area contributed by atoms with Gasteiger partial charge in [-0.05, 0) is 61.9 Å². The van der Waals surface area contributed by atoms with Crippen LogP contribution in [0.4, 0.5) is 19.3 Å². The quantitative estimate of drug-likeness (QED) is 0.140. The minimum Gasteiger partial charge on any atom is -0.434 e. The zero-order chi connectivity index (χ0) is 34.4. The molecule has 0 aliphatic heterocycles. The van der Waals surface area contributed by atoms with Crippen molar-refractivity contribution in [2.45, 2.75) is 39.6 Å². The first kappa shape index (κ1) is 34.4. The Morgan fingerprint density at radius 1 is 0.958 bits per heavy atom. The lowest BCUT2D eigenvalue weighted by molar-refractivity contribution is -0.124. The van der Waals surface area contributed by atoms with Crippen LogP contribution in [-0.2, 0) is 33.9 Å². The molecule has 0 aliphatic carbocycles. The SMILES string of the molecule is CCOC(=O)Oc1cn(Cc2c(F)cccc2F)c2sc(-c3ccc(NC(=O)C(C)OC)cc3)c(CN(C)Cc3ccccc3)c2c1=O. The average molecular weight is 676 g/mol. The van der Waals surface area contributed by atoms with Crippen molar-refractivity contribution in [3.05, 3.63) is 118 Å². The van der Waals surface area contributed by atoms with Gasteiger partial charge in [0.05, 0.1) is 24.7 Å². The molecule has 1 amide bonds. The number of hydrogen-bond acceptors (Lipinski definition) is 8. The molecular formula is C36H35F2N3O6S. The standard InChI is InChI=1S/C36H35F2N3O6S/c1-5-46-36(44)47-30-21-41(20-26-28(37)12-9-13-29(26)38)35-31(32(30)42)27(19-40(3)18-23-10-7-6-8-11-23)33(48-35)24-14-16-25(17-15-24)39-34(43)22(2)45-4/h6-17,21-22H,5,18-20H2,1-4H3,(H,39,43). The number of benzene rings is 3. The minimum absolute atomic E-state index is 0.0225. The highest BCUT2D eigenvalue weighted by Gasteiger charge is 2.25. The number of hydrogen-bond donors (Lipinski definition) is 1. The predicted molar refractivity (Wildman–Crippen MR) is 181 cm³/mol. The second-order valence-corrected chi connectivity index (χ2v) is 12.1. The number of amides is 1. The number of pyridine rings is 1. The molecular weight excluding hydrogens is 640 g/mol. The molecule has 2 aromatic heterocycles. The largest absolute Gasteiger partial charge is 0.514 e. The molecule has 48 heavy (non-hydrogen) atoms. The van der Waals surface area contributed by atoms with Crippen LogP contribution in [-0.4, -0.2) is 48.4 Å². The lowest BCUT2D eigenvalue weighted by Gasteiger charge is -2.18. The number of thiophene rings is 1. The van der Waals surface area contributed by atoms with E-state index in [2.05, 4.69) is 5.32 Å². The van der Waals surface area contributed by atoms with E-state index >= 15 is 0 Å². The van der Waals surface area contributed by atoms with Gasteiger partial charge in [0.15, 0.2) is 5.75 Å². The van der Waals surface area contributed by atoms with Gasteiger partial charge in [-0.1, -0.05) is 48.5 Å². The summed E-state index contributed by atoms with van der Waals surface area (Å²) >= 11 is 1.28. The summed E-state index contributed by atoms with van der Waals surface area (Å²) in [4.78, 5) is 42.1. The number of nitrogens with zero attached hydrogens (tertiary/aromatic N) is 2. The summed E-state index contributed by atoms with van der Waals surface area (Å²) in [6, 6.07) is 20.5. The summed E-state index contributed by atoms with van der Waals surface area (Å²) in [7, 11) is 3.37. The molecule has 12 heteroatoms. The van der Waals surface area contributed by atoms with Crippen molar-refractivity contribution in [1.82, 2.24) is 9.47 Å². The maximum absolute atomic E-state index is 14.9. The van der Waals surface area contributed by atoms with Crippen molar-refractivity contribution < 1.29 is 32.6 Å². The average Bonchev–Trinajstić information content (AvgIpc) is 3.44. The molecule has 5 rings (SSSR count). The lowest BCUT2D eigenvalue weighted by atomic mass is 10.0. The van der Waals surface area contributed by atoms with E-state index in [4.69, 9.17) is 14.2 Å². The first-order chi connectivity index (χ1) is 23.1. The number of aromatic nitrogens is 1. The molecule has 0 saturated heterocycles. The van der Waals surface area contributed by atoms with E-state index in [0.29, 0.717) is 29.2 Å². The maximum Gasteiger partial charge on any atom is 0.514 e. The number of ether oxygens (including phenoxy) is 3. The highest BCUT2D eigenvalue weighted by Crippen LogP contribution is 2.40. The van der Waals surface area contributed by atoms with Gasteiger partial charge in [0, 0.05) is 36.3 Å². The zero-order valence-electron chi connectivity index (χ0n) is 26.9. The molecule has 0 bridgehead atoms. The van der Waals surface area contributed by atoms with E-state index in [9.17, 15) is 23.2 Å². The van der Waals surface area contributed by atoms with Gasteiger partial charge in [0.25, 0.3) is 5.91 Å². The lowest BCUT2D eigenvalue weighted by Crippen LogP contribution is -2.26. The van der Waals surface area contributed by atoms with E-state index in [-0.39, 0.29) is 35.8 Å². The first-order valence-electron chi connectivity index (χ1n) is 15.2. The number of nitrogens with one attached hydrogen (secondary N) is 1. The van der Waals surface area contributed by atoms with E-state index < -0.39 is 29.3 Å². The Kier molecular flexibility index (Phi) is 11.0. The monoisotopic (exact) mass is 675 g/mol. The molecule has 1 unspecified atom stereocenters. The van der Waals surface area contributed by atoms with Crippen molar-refractivity contribution in [3.63, 3.8) is 0 Å². The van der Waals surface area contributed by atoms with Crippen molar-refractivity contribution >= 4 is 39.3 Å². The van der Waals surface area contributed by atoms with Crippen molar-refractivity contribution in [2.75, 3.05) is 26.1 Å². The summed E-state index contributed by atoms with van der Waals surface area (Å²) in [5.74, 6) is -2.15. The van der Waals surface area contributed by atoms with E-state index in [1.807, 2.05) is 54.4 Å². The zero-order valence-corrected chi connectivity index (χ0v) is 27.7. The van der Waals surface area contributed by atoms with Gasteiger partial charge in [0.2, 0.25) is 5.43 Å². The molecule has 0 spiro atoms. The van der Waals surface area contributed by atoms with E-state index in [0.717, 1.165) is 28.1 Å². The first-order valence-corrected chi connectivity index (χ1v) is 16.0. The molecule has 0 saturated carbocycles. The number of carbonyl (C=O) groups is 2. The van der Waals surface area contributed by atoms with Crippen LogP contribution in [0.2, 0.25) is 0 Å². The van der Waals surface area contributed by atoms with Gasteiger partial charge < -0.3 is 24.1 Å². The van der Waals surface area contributed by atoms with Gasteiger partial charge in [-0.3, -0.25) is 14.5 Å². The van der Waals surface area contributed by atoms with E-state index in [1.54, 1.807) is 26.0 Å². The molecule has 0 aliphatic rings. The van der Waals surface area contributed by atoms with Crippen LogP contribution in [0.25, 0.3) is 20.7 Å². The minimum atomic E-state index is -1.07. The van der Waals surface area contributed by atoms with Gasteiger partial charge >= 0.3 is 6.16 Å². The summed E-state index contributed by atoms with van der Waals surface area (Å²) < 4.78 is 46.7. The summed E-state index contributed by atoms with van der Waals surface area (Å²) in [5, 5.41) is 3.06. The molecule has 250 valence electrons. The third-order valence-electron chi connectivity index (χ3n) is 7.68. The molecule has 3 aromatic carbocycles. The fraction of sp³-hybridized carbons (Fsp3) is 0.250. The second-order valence-electron chi connectivity index (χ2n) is 11.1. The highest BCUT2D eigenvalue weighted by atomic mass is 32.1. The van der Waals surface area contributed by atoms with Crippen LogP contribution in [0, 0.1) is 11.6 Å². The smallest absolute Gasteiger partial charge is 0.434 e. The van der Waals surface area contributed by atoms with Gasteiger partial charge in [-0.15, -0.1) is 11.3 Å². The van der Waals surface area contributed by atoms with Crippen molar-refractivity contribution in [2.24, 2.45) is 0 Å². The molecule has 0 fully saturated rings. The predicted octanol–water partition coefficient (Wildman–Crippen LogP) is 7.20. The number of rotatable bonds is 12. The van der Waals surface area contributed by atoms with Crippen LogP contribution in [0.5, 0.6) is 5.75 Å². The van der Waals surface area contributed by atoms with Crippen LogP contribution >= 0.6 is 11.3 Å². The van der Waals surface area contributed by atoms with Gasteiger partial charge in [0.1, 0.15) is 22.6 Å². The topological polar surface area (TPSA) is 99.1 Å². The third kappa shape index (κ3) is 7.79. The fourth-order valence-electron chi connectivity index (χ4n) is 5.21. The fourth-order valence-corrected chi connectivity index (χ4v) is 6.50. The molecule has 1 atom stereocenters. The van der Waals surface area contributed by atoms with Crippen molar-refractivity contribution in [1.29, 1.82) is 0 Å². The Morgan fingerprint density at radius 2 is 1.65 bits per heavy atom. The maximum atomic E-state index is 14.9. The molecule has 9 nitrogen and oxygen atoms in total. The second kappa shape index (κ2) is 15.3. The van der Waals surface area contributed by atoms with Crippen molar-refractivity contribution in [3.8, 4) is 16.2 Å². The molecule has 1 N–H and O–H groups in total. The number of anilines is 1. The van der Waals surface area contributed by atoms with Crippen LogP contribution in [0.15, 0.2) is 83.8 Å².